The maximum Gasteiger partial charge on any atom is 0.312 e. The summed E-state index contributed by atoms with van der Waals surface area (Å²) in [5.41, 5.74) is -0.107. The van der Waals surface area contributed by atoms with Crippen LogP contribution in [0.15, 0.2) is 0 Å². The molecule has 15 heavy (non-hydrogen) atoms. The van der Waals surface area contributed by atoms with Gasteiger partial charge in [-0.15, -0.1) is 0 Å². The molecule has 2 aliphatic carbocycles. The van der Waals surface area contributed by atoms with E-state index in [2.05, 4.69) is 6.92 Å². The van der Waals surface area contributed by atoms with Gasteiger partial charge < -0.3 is 9.47 Å². The lowest BCUT2D eigenvalue weighted by atomic mass is 9.97. The van der Waals surface area contributed by atoms with Crippen molar-refractivity contribution in [3.63, 3.8) is 0 Å². The molecule has 0 amide bonds. The Hall–Kier alpha value is -0.570. The van der Waals surface area contributed by atoms with Gasteiger partial charge in [0.2, 0.25) is 0 Å². The van der Waals surface area contributed by atoms with Gasteiger partial charge >= 0.3 is 5.97 Å². The van der Waals surface area contributed by atoms with Gasteiger partial charge in [0.15, 0.2) is 0 Å². The summed E-state index contributed by atoms with van der Waals surface area (Å²) < 4.78 is 11.3. The van der Waals surface area contributed by atoms with Crippen LogP contribution in [0.3, 0.4) is 0 Å². The largest absolute Gasteiger partial charge is 0.465 e. The Bertz CT molecular complexity index is 289. The zero-order valence-corrected chi connectivity index (χ0v) is 9.20. The summed E-state index contributed by atoms with van der Waals surface area (Å²) in [5, 5.41) is 0. The Balaban J connectivity index is 1.82. The highest BCUT2D eigenvalue weighted by atomic mass is 16.6. The number of hydrogen-bond donors (Lipinski definition) is 0. The summed E-state index contributed by atoms with van der Waals surface area (Å²) in [6.07, 6.45) is 4.65. The first-order chi connectivity index (χ1) is 7.24. The van der Waals surface area contributed by atoms with Crippen molar-refractivity contribution in [1.29, 1.82) is 0 Å². The lowest BCUT2D eigenvalue weighted by Gasteiger charge is -2.26. The zero-order valence-electron chi connectivity index (χ0n) is 9.20. The second-order valence-corrected chi connectivity index (χ2v) is 5.33. The second kappa shape index (κ2) is 3.21. The minimum absolute atomic E-state index is 0.00606. The topological polar surface area (TPSA) is 35.5 Å². The molecule has 3 heteroatoms. The lowest BCUT2D eigenvalue weighted by molar-refractivity contribution is -0.154. The van der Waals surface area contributed by atoms with Crippen molar-refractivity contribution in [3.8, 4) is 0 Å². The van der Waals surface area contributed by atoms with Gasteiger partial charge in [0, 0.05) is 11.8 Å². The van der Waals surface area contributed by atoms with E-state index in [1.54, 1.807) is 0 Å². The molecule has 0 radical (unpaired) electrons. The highest BCUT2D eigenvalue weighted by Gasteiger charge is 2.70. The van der Waals surface area contributed by atoms with E-state index >= 15 is 0 Å². The number of esters is 1. The molecular weight excluding hydrogens is 192 g/mol. The molecule has 4 atom stereocenters. The molecule has 0 N–H and O–H groups in total. The molecule has 1 saturated heterocycles. The molecule has 0 bridgehead atoms. The maximum absolute atomic E-state index is 11.8. The standard InChI is InChI=1S/C12H18O3/c1-8-6-14-11(13)10-9-4-2-3-5-12(9,10)15-7-8/h8-10H,2-7H2,1H3/t8-,9-,10?,12+/m0/s1. The third-order valence-electron chi connectivity index (χ3n) is 4.18. The summed E-state index contributed by atoms with van der Waals surface area (Å²) in [6, 6.07) is 0. The molecule has 3 fully saturated rings. The van der Waals surface area contributed by atoms with Gasteiger partial charge in [0.25, 0.3) is 0 Å². The van der Waals surface area contributed by atoms with Crippen LogP contribution in [0.2, 0.25) is 0 Å². The first kappa shape index (κ1) is 9.64. The quantitative estimate of drug-likeness (QED) is 0.571. The molecule has 1 spiro atoms. The summed E-state index contributed by atoms with van der Waals surface area (Å²) in [6.45, 7) is 3.35. The highest BCUT2D eigenvalue weighted by Crippen LogP contribution is 2.62. The lowest BCUT2D eigenvalue weighted by Crippen LogP contribution is -2.31. The van der Waals surface area contributed by atoms with Crippen molar-refractivity contribution in [2.75, 3.05) is 13.2 Å². The Morgan fingerprint density at radius 3 is 3.07 bits per heavy atom. The molecule has 1 unspecified atom stereocenters. The van der Waals surface area contributed by atoms with Crippen molar-refractivity contribution >= 4 is 5.97 Å². The Labute approximate surface area is 90.1 Å². The van der Waals surface area contributed by atoms with Crippen LogP contribution in [0, 0.1) is 17.8 Å². The van der Waals surface area contributed by atoms with E-state index in [0.717, 1.165) is 19.4 Å². The van der Waals surface area contributed by atoms with E-state index in [1.807, 2.05) is 0 Å². The van der Waals surface area contributed by atoms with Crippen molar-refractivity contribution < 1.29 is 14.3 Å². The van der Waals surface area contributed by atoms with Gasteiger partial charge in [0.05, 0.1) is 24.7 Å². The van der Waals surface area contributed by atoms with E-state index in [-0.39, 0.29) is 17.5 Å². The predicted octanol–water partition coefficient (Wildman–Crippen LogP) is 1.75. The van der Waals surface area contributed by atoms with Crippen molar-refractivity contribution in [2.24, 2.45) is 17.8 Å². The molecule has 84 valence electrons. The van der Waals surface area contributed by atoms with E-state index in [1.165, 1.54) is 12.8 Å². The van der Waals surface area contributed by atoms with Crippen molar-refractivity contribution in [3.05, 3.63) is 0 Å². The fourth-order valence-electron chi connectivity index (χ4n) is 3.30. The summed E-state index contributed by atoms with van der Waals surface area (Å²) in [7, 11) is 0. The molecule has 3 nitrogen and oxygen atoms in total. The molecule has 1 aliphatic heterocycles. The van der Waals surface area contributed by atoms with E-state index in [9.17, 15) is 4.79 Å². The SMILES string of the molecule is C[C@H]1COC(=O)C2[C@@H]3CCCC[C@]23OC1. The van der Waals surface area contributed by atoms with Gasteiger partial charge in [0.1, 0.15) is 0 Å². The summed E-state index contributed by atoms with van der Waals surface area (Å²) >= 11 is 0. The van der Waals surface area contributed by atoms with Gasteiger partial charge in [-0.05, 0) is 12.8 Å². The number of carbonyl (C=O) groups excluding carboxylic acids is 1. The van der Waals surface area contributed by atoms with E-state index < -0.39 is 0 Å². The molecule has 0 aromatic heterocycles. The van der Waals surface area contributed by atoms with Gasteiger partial charge in [-0.3, -0.25) is 4.79 Å². The molecule has 0 aromatic carbocycles. The smallest absolute Gasteiger partial charge is 0.312 e. The Morgan fingerprint density at radius 1 is 1.33 bits per heavy atom. The monoisotopic (exact) mass is 210 g/mol. The van der Waals surface area contributed by atoms with Crippen LogP contribution < -0.4 is 0 Å². The van der Waals surface area contributed by atoms with Crippen LogP contribution in [0.4, 0.5) is 0 Å². The Morgan fingerprint density at radius 2 is 2.20 bits per heavy atom. The van der Waals surface area contributed by atoms with Crippen LogP contribution in [-0.2, 0) is 14.3 Å². The average molecular weight is 210 g/mol. The van der Waals surface area contributed by atoms with Crippen LogP contribution in [0.25, 0.3) is 0 Å². The summed E-state index contributed by atoms with van der Waals surface area (Å²) in [4.78, 5) is 11.8. The number of hydrogen-bond acceptors (Lipinski definition) is 3. The number of carbonyl (C=O) groups is 1. The van der Waals surface area contributed by atoms with Crippen LogP contribution in [-0.4, -0.2) is 24.8 Å². The number of ether oxygens (including phenoxy) is 2. The molecule has 3 rings (SSSR count). The second-order valence-electron chi connectivity index (χ2n) is 5.33. The fraction of sp³-hybridized carbons (Fsp3) is 0.917. The number of fused-ring (bicyclic) bond motifs is 1. The van der Waals surface area contributed by atoms with Gasteiger partial charge in [-0.25, -0.2) is 0 Å². The molecule has 2 saturated carbocycles. The average Bonchev–Trinajstić information content (AvgIpc) is 2.90. The maximum atomic E-state index is 11.8. The van der Waals surface area contributed by atoms with Crippen molar-refractivity contribution in [2.45, 2.75) is 38.2 Å². The van der Waals surface area contributed by atoms with Crippen LogP contribution >= 0.6 is 0 Å². The minimum atomic E-state index is -0.107. The van der Waals surface area contributed by atoms with E-state index in [4.69, 9.17) is 9.47 Å². The third kappa shape index (κ3) is 1.32. The molecule has 1 heterocycles. The molecule has 3 aliphatic rings. The third-order valence-corrected chi connectivity index (χ3v) is 4.18. The van der Waals surface area contributed by atoms with Gasteiger partial charge in [-0.1, -0.05) is 19.8 Å². The highest BCUT2D eigenvalue weighted by molar-refractivity contribution is 5.79. The zero-order chi connectivity index (χ0) is 10.5. The van der Waals surface area contributed by atoms with Crippen LogP contribution in [0.5, 0.6) is 0 Å². The van der Waals surface area contributed by atoms with Crippen LogP contribution in [0.1, 0.15) is 32.6 Å². The first-order valence-electron chi connectivity index (χ1n) is 6.04. The van der Waals surface area contributed by atoms with E-state index in [0.29, 0.717) is 18.4 Å². The van der Waals surface area contributed by atoms with Gasteiger partial charge in [-0.2, -0.15) is 0 Å². The number of rotatable bonds is 0. The molecule has 0 aromatic rings. The fourth-order valence-corrected chi connectivity index (χ4v) is 3.30. The summed E-state index contributed by atoms with van der Waals surface area (Å²) in [5.74, 6) is 0.859. The van der Waals surface area contributed by atoms with Crippen molar-refractivity contribution in [1.82, 2.24) is 0 Å². The number of cyclic esters (lactones) is 1. The predicted molar refractivity (Wildman–Crippen MR) is 54.3 cm³/mol. The molecular formula is C12H18O3. The normalized spacial score (nSPS) is 49.4. The Kier molecular flexibility index (Phi) is 2.06. The first-order valence-corrected chi connectivity index (χ1v) is 6.04. The minimum Gasteiger partial charge on any atom is -0.465 e.